The molecule has 0 atom stereocenters. The quantitative estimate of drug-likeness (QED) is 0.624. The van der Waals surface area contributed by atoms with E-state index in [1.807, 2.05) is 6.07 Å². The molecule has 6 heteroatoms. The van der Waals surface area contributed by atoms with E-state index in [0.717, 1.165) is 28.6 Å². The summed E-state index contributed by atoms with van der Waals surface area (Å²) in [6.07, 6.45) is -3.82. The van der Waals surface area contributed by atoms with Crippen LogP contribution in [-0.4, -0.2) is 11.6 Å². The van der Waals surface area contributed by atoms with Gasteiger partial charge in [0.25, 0.3) is 0 Å². The first-order chi connectivity index (χ1) is 11.3. The van der Waals surface area contributed by atoms with Crippen molar-refractivity contribution < 1.29 is 19.3 Å². The molecule has 0 fully saturated rings. The Hall–Kier alpha value is -1.95. The summed E-state index contributed by atoms with van der Waals surface area (Å²) in [5, 5.41) is 0.744. The molecule has 0 saturated heterocycles. The number of nitrogens with one attached hydrogen (secondary N) is 1. The number of ether oxygens (including phenoxy) is 1. The van der Waals surface area contributed by atoms with Crippen LogP contribution in [0.15, 0.2) is 53.1 Å². The van der Waals surface area contributed by atoms with Gasteiger partial charge in [-0.05, 0) is 57.9 Å². The van der Waals surface area contributed by atoms with Gasteiger partial charge in [0, 0.05) is 17.3 Å². The van der Waals surface area contributed by atoms with Crippen molar-refractivity contribution in [2.45, 2.75) is 12.6 Å². The molecule has 0 saturated carbocycles. The molecule has 0 unspecified atom stereocenters. The Balaban J connectivity index is 1.63. The summed E-state index contributed by atoms with van der Waals surface area (Å²) >= 11 is 3.27. The number of fused-ring (bicyclic) bond motifs is 1. The standard InChI is InChI=1S/C17H13BrF3NO/c18-16-10-12-9-14(5-6-15(12)22-16)23-8-7-11-1-3-13(4-2-11)17(19,20)21/h1-6,9-10,22H,7-8H2/i10D. The predicted octanol–water partition coefficient (Wildman–Crippen LogP) is 5.57. The van der Waals surface area contributed by atoms with Crippen LogP contribution in [0.25, 0.3) is 10.9 Å². The molecule has 0 amide bonds. The normalized spacial score (nSPS) is 12.4. The molecule has 120 valence electrons. The second-order valence-corrected chi connectivity index (χ2v) is 5.86. The highest BCUT2D eigenvalue weighted by Crippen LogP contribution is 2.29. The molecule has 1 heterocycles. The Morgan fingerprint density at radius 3 is 2.57 bits per heavy atom. The van der Waals surface area contributed by atoms with Gasteiger partial charge in [-0.25, -0.2) is 0 Å². The topological polar surface area (TPSA) is 25.0 Å². The highest BCUT2D eigenvalue weighted by molar-refractivity contribution is 9.10. The fraction of sp³-hybridized carbons (Fsp3) is 0.176. The van der Waals surface area contributed by atoms with Crippen LogP contribution in [0.4, 0.5) is 13.2 Å². The van der Waals surface area contributed by atoms with E-state index < -0.39 is 11.7 Å². The lowest BCUT2D eigenvalue weighted by atomic mass is 10.1. The van der Waals surface area contributed by atoms with Crippen molar-refractivity contribution >= 4 is 26.8 Å². The van der Waals surface area contributed by atoms with E-state index in [0.29, 0.717) is 29.4 Å². The number of aromatic nitrogens is 1. The minimum absolute atomic E-state index is 0.343. The van der Waals surface area contributed by atoms with E-state index in [1.54, 1.807) is 12.1 Å². The average molecular weight is 385 g/mol. The average Bonchev–Trinajstić information content (AvgIpc) is 2.82. The molecule has 23 heavy (non-hydrogen) atoms. The van der Waals surface area contributed by atoms with Crippen molar-refractivity contribution in [1.29, 1.82) is 0 Å². The van der Waals surface area contributed by atoms with Crippen LogP contribution in [0.2, 0.25) is 0 Å². The summed E-state index contributed by atoms with van der Waals surface area (Å²) in [7, 11) is 0. The first kappa shape index (κ1) is 14.6. The molecular weight excluding hydrogens is 371 g/mol. The molecule has 3 rings (SSSR count). The Morgan fingerprint density at radius 1 is 1.13 bits per heavy atom. The van der Waals surface area contributed by atoms with Gasteiger partial charge in [-0.15, -0.1) is 0 Å². The van der Waals surface area contributed by atoms with E-state index >= 15 is 0 Å². The number of hydrogen-bond acceptors (Lipinski definition) is 1. The van der Waals surface area contributed by atoms with Gasteiger partial charge in [0.15, 0.2) is 0 Å². The van der Waals surface area contributed by atoms with Gasteiger partial charge in [-0.2, -0.15) is 13.2 Å². The molecule has 0 aliphatic rings. The number of H-pyrrole nitrogens is 1. The molecule has 0 spiro atoms. The van der Waals surface area contributed by atoms with Gasteiger partial charge in [0.05, 0.1) is 18.1 Å². The van der Waals surface area contributed by atoms with Crippen LogP contribution in [-0.2, 0) is 12.6 Å². The summed E-state index contributed by atoms with van der Waals surface area (Å²) in [5.41, 5.74) is 0.954. The van der Waals surface area contributed by atoms with E-state index in [4.69, 9.17) is 6.11 Å². The highest BCUT2D eigenvalue weighted by atomic mass is 79.9. The number of rotatable bonds is 4. The predicted molar refractivity (Wildman–Crippen MR) is 86.6 cm³/mol. The molecule has 3 aromatic rings. The maximum Gasteiger partial charge on any atom is 0.416 e. The van der Waals surface area contributed by atoms with Gasteiger partial charge >= 0.3 is 6.18 Å². The zero-order valence-electron chi connectivity index (χ0n) is 12.9. The maximum absolute atomic E-state index is 12.5. The lowest BCUT2D eigenvalue weighted by Gasteiger charge is -2.09. The fourth-order valence-electron chi connectivity index (χ4n) is 2.24. The van der Waals surface area contributed by atoms with Gasteiger partial charge in [-0.3, -0.25) is 0 Å². The van der Waals surface area contributed by atoms with Crippen molar-refractivity contribution in [3.05, 3.63) is 64.2 Å². The number of benzene rings is 2. The SMILES string of the molecule is [2H]c1c(Br)[nH]c2ccc(OCCc3ccc(C(F)(F)F)cc3)cc12. The third kappa shape index (κ3) is 3.88. The van der Waals surface area contributed by atoms with Crippen LogP contribution in [0.3, 0.4) is 0 Å². The molecular formula is C17H13BrF3NO. The lowest BCUT2D eigenvalue weighted by molar-refractivity contribution is -0.137. The Labute approximate surface area is 140 Å². The summed E-state index contributed by atoms with van der Waals surface area (Å²) in [6, 6.07) is 10.8. The molecule has 0 aliphatic heterocycles. The van der Waals surface area contributed by atoms with Gasteiger partial charge in [0.2, 0.25) is 0 Å². The molecule has 0 radical (unpaired) electrons. The Morgan fingerprint density at radius 2 is 1.87 bits per heavy atom. The zero-order valence-corrected chi connectivity index (χ0v) is 13.5. The van der Waals surface area contributed by atoms with Crippen molar-refractivity contribution in [2.75, 3.05) is 6.61 Å². The first-order valence-electron chi connectivity index (χ1n) is 7.41. The Bertz CT molecular complexity index is 859. The monoisotopic (exact) mass is 384 g/mol. The van der Waals surface area contributed by atoms with Gasteiger partial charge in [0.1, 0.15) is 5.75 Å². The molecule has 2 nitrogen and oxygen atoms in total. The minimum Gasteiger partial charge on any atom is -0.493 e. The van der Waals surface area contributed by atoms with Crippen LogP contribution < -0.4 is 4.74 Å². The summed E-state index contributed by atoms with van der Waals surface area (Å²) in [6.45, 7) is 0.343. The van der Waals surface area contributed by atoms with Crippen molar-refractivity contribution in [1.82, 2.24) is 4.98 Å². The Kier molecular flexibility index (Phi) is 3.99. The van der Waals surface area contributed by atoms with Gasteiger partial charge < -0.3 is 9.72 Å². The van der Waals surface area contributed by atoms with Crippen LogP contribution in [0.5, 0.6) is 5.75 Å². The molecule has 1 N–H and O–H groups in total. The number of aromatic amines is 1. The van der Waals surface area contributed by atoms with E-state index in [1.165, 1.54) is 12.1 Å². The van der Waals surface area contributed by atoms with Crippen LogP contribution >= 0.6 is 15.9 Å². The summed E-state index contributed by atoms with van der Waals surface area (Å²) in [5.74, 6) is 0.620. The largest absolute Gasteiger partial charge is 0.493 e. The lowest BCUT2D eigenvalue weighted by Crippen LogP contribution is -2.05. The van der Waals surface area contributed by atoms with Crippen LogP contribution in [0, 0.1) is 0 Å². The molecule has 0 bridgehead atoms. The zero-order chi connectivity index (χ0) is 17.3. The second kappa shape index (κ2) is 6.28. The third-order valence-corrected chi connectivity index (χ3v) is 3.82. The summed E-state index contributed by atoms with van der Waals surface area (Å²) in [4.78, 5) is 3.04. The molecule has 1 aromatic heterocycles. The van der Waals surface area contributed by atoms with E-state index in [9.17, 15) is 13.2 Å². The number of hydrogen-bond donors (Lipinski definition) is 1. The van der Waals surface area contributed by atoms with E-state index in [2.05, 4.69) is 20.9 Å². The smallest absolute Gasteiger partial charge is 0.416 e. The van der Waals surface area contributed by atoms with Crippen molar-refractivity contribution in [3.8, 4) is 5.75 Å². The van der Waals surface area contributed by atoms with E-state index in [-0.39, 0.29) is 0 Å². The highest BCUT2D eigenvalue weighted by Gasteiger charge is 2.29. The minimum atomic E-state index is -4.32. The third-order valence-electron chi connectivity index (χ3n) is 3.42. The fourth-order valence-corrected chi connectivity index (χ4v) is 2.67. The van der Waals surface area contributed by atoms with Crippen molar-refractivity contribution in [2.24, 2.45) is 0 Å². The number of alkyl halides is 3. The maximum atomic E-state index is 12.5. The van der Waals surface area contributed by atoms with Crippen molar-refractivity contribution in [3.63, 3.8) is 0 Å². The van der Waals surface area contributed by atoms with Crippen LogP contribution in [0.1, 0.15) is 12.5 Å². The molecule has 0 aliphatic carbocycles. The number of halogens is 4. The second-order valence-electron chi connectivity index (χ2n) is 5.06. The van der Waals surface area contributed by atoms with Gasteiger partial charge in [-0.1, -0.05) is 12.1 Å². The summed E-state index contributed by atoms with van der Waals surface area (Å²) < 4.78 is 51.7. The first-order valence-corrected chi connectivity index (χ1v) is 7.70. The molecule has 2 aromatic carbocycles.